The molecule has 2 aliphatic heterocycles. The molecule has 0 bridgehead atoms. The molecular formula is C22H25N3O5. The number of amides is 3. The molecule has 1 fully saturated rings. The van der Waals surface area contributed by atoms with E-state index in [1.54, 1.807) is 23.7 Å². The van der Waals surface area contributed by atoms with Crippen molar-refractivity contribution < 1.29 is 24.3 Å². The number of nitrogens with one attached hydrogen (secondary N) is 1. The Morgan fingerprint density at radius 3 is 2.60 bits per heavy atom. The van der Waals surface area contributed by atoms with Crippen molar-refractivity contribution in [2.75, 3.05) is 32.9 Å². The molecule has 0 saturated carbocycles. The Balaban J connectivity index is 1.62. The van der Waals surface area contributed by atoms with Crippen molar-refractivity contribution in [1.29, 1.82) is 0 Å². The van der Waals surface area contributed by atoms with Crippen molar-refractivity contribution in [3.05, 3.63) is 65.2 Å². The van der Waals surface area contributed by atoms with Crippen LogP contribution in [0.2, 0.25) is 0 Å². The van der Waals surface area contributed by atoms with E-state index in [0.29, 0.717) is 57.2 Å². The molecule has 2 aromatic carbocycles. The van der Waals surface area contributed by atoms with Crippen LogP contribution in [0.3, 0.4) is 0 Å². The summed E-state index contributed by atoms with van der Waals surface area (Å²) in [6.07, 6.45) is 0.662. The van der Waals surface area contributed by atoms with Gasteiger partial charge in [-0.25, -0.2) is 10.3 Å². The lowest BCUT2D eigenvalue weighted by Gasteiger charge is -2.36. The Hall–Kier alpha value is -3.10. The van der Waals surface area contributed by atoms with Crippen molar-refractivity contribution in [2.45, 2.75) is 19.0 Å². The predicted octanol–water partition coefficient (Wildman–Crippen LogP) is 2.06. The summed E-state index contributed by atoms with van der Waals surface area (Å²) in [6, 6.07) is 14.8. The fourth-order valence-corrected chi connectivity index (χ4v) is 3.83. The molecule has 0 aromatic heterocycles. The topological polar surface area (TPSA) is 91.3 Å². The SMILES string of the molecule is O=C(NO)c1ccc2c(c1)OC[C@H](Cc1ccccc1)N(C(=O)N1CCOCC1)C2. The van der Waals surface area contributed by atoms with Gasteiger partial charge in [0.1, 0.15) is 12.4 Å². The highest BCUT2D eigenvalue weighted by Crippen LogP contribution is 2.28. The number of hydrogen-bond donors (Lipinski definition) is 2. The highest BCUT2D eigenvalue weighted by molar-refractivity contribution is 5.93. The van der Waals surface area contributed by atoms with Gasteiger partial charge in [-0.15, -0.1) is 0 Å². The number of fused-ring (bicyclic) bond motifs is 1. The summed E-state index contributed by atoms with van der Waals surface area (Å²) >= 11 is 0. The number of carbonyl (C=O) groups excluding carboxylic acids is 2. The van der Waals surface area contributed by atoms with Crippen molar-refractivity contribution in [3.8, 4) is 5.75 Å². The van der Waals surface area contributed by atoms with Gasteiger partial charge in [0.15, 0.2) is 0 Å². The van der Waals surface area contributed by atoms with E-state index < -0.39 is 5.91 Å². The molecule has 2 aromatic rings. The maximum Gasteiger partial charge on any atom is 0.320 e. The summed E-state index contributed by atoms with van der Waals surface area (Å²) in [7, 11) is 0. The fraction of sp³-hybridized carbons (Fsp3) is 0.364. The molecule has 2 aliphatic rings. The molecule has 3 amide bonds. The number of benzene rings is 2. The minimum absolute atomic E-state index is 0.0344. The molecule has 2 heterocycles. The molecule has 2 N–H and O–H groups in total. The standard InChI is InChI=1S/C22H25N3O5/c26-21(23-28)17-6-7-18-14-25(22(27)24-8-10-29-11-9-24)19(15-30-20(18)13-17)12-16-4-2-1-3-5-16/h1-7,13,19,28H,8-12,14-15H2,(H,23,26)/t19-/m0/s1. The van der Waals surface area contributed by atoms with Crippen molar-refractivity contribution in [1.82, 2.24) is 15.3 Å². The van der Waals surface area contributed by atoms with Crippen LogP contribution in [0.1, 0.15) is 21.5 Å². The second-order valence-electron chi connectivity index (χ2n) is 7.43. The molecule has 8 heteroatoms. The summed E-state index contributed by atoms with van der Waals surface area (Å²) in [5.41, 5.74) is 3.88. The second kappa shape index (κ2) is 9.15. The average molecular weight is 411 g/mol. The summed E-state index contributed by atoms with van der Waals surface area (Å²) in [5, 5.41) is 8.90. The molecule has 158 valence electrons. The zero-order chi connectivity index (χ0) is 20.9. The first-order valence-corrected chi connectivity index (χ1v) is 10.0. The van der Waals surface area contributed by atoms with Gasteiger partial charge in [-0.3, -0.25) is 10.0 Å². The van der Waals surface area contributed by atoms with E-state index in [1.165, 1.54) is 0 Å². The van der Waals surface area contributed by atoms with Crippen LogP contribution in [0.4, 0.5) is 4.79 Å². The van der Waals surface area contributed by atoms with Gasteiger partial charge in [-0.05, 0) is 24.1 Å². The quantitative estimate of drug-likeness (QED) is 0.596. The van der Waals surface area contributed by atoms with E-state index in [4.69, 9.17) is 14.7 Å². The number of morpholine rings is 1. The molecule has 1 saturated heterocycles. The van der Waals surface area contributed by atoms with Gasteiger partial charge in [0, 0.05) is 24.2 Å². The fourth-order valence-electron chi connectivity index (χ4n) is 3.83. The Morgan fingerprint density at radius 1 is 1.10 bits per heavy atom. The molecule has 4 rings (SSSR count). The monoisotopic (exact) mass is 411 g/mol. The lowest BCUT2D eigenvalue weighted by molar-refractivity contribution is 0.0363. The third-order valence-electron chi connectivity index (χ3n) is 5.49. The first-order valence-electron chi connectivity index (χ1n) is 10.0. The van der Waals surface area contributed by atoms with Crippen molar-refractivity contribution in [2.24, 2.45) is 0 Å². The van der Waals surface area contributed by atoms with E-state index in [9.17, 15) is 9.59 Å². The number of rotatable bonds is 3. The van der Waals surface area contributed by atoms with Crippen molar-refractivity contribution in [3.63, 3.8) is 0 Å². The number of urea groups is 1. The normalized spacial score (nSPS) is 18.8. The van der Waals surface area contributed by atoms with Crippen LogP contribution in [0, 0.1) is 0 Å². The van der Waals surface area contributed by atoms with E-state index in [-0.39, 0.29) is 12.1 Å². The van der Waals surface area contributed by atoms with Gasteiger partial charge in [0.25, 0.3) is 5.91 Å². The van der Waals surface area contributed by atoms with Crippen LogP contribution >= 0.6 is 0 Å². The maximum atomic E-state index is 13.4. The second-order valence-corrected chi connectivity index (χ2v) is 7.43. The summed E-state index contributed by atoms with van der Waals surface area (Å²) < 4.78 is 11.4. The maximum absolute atomic E-state index is 13.4. The van der Waals surface area contributed by atoms with Crippen LogP contribution in [0.25, 0.3) is 0 Å². The third kappa shape index (κ3) is 4.39. The van der Waals surface area contributed by atoms with E-state index in [2.05, 4.69) is 0 Å². The number of nitrogens with zero attached hydrogens (tertiary/aromatic N) is 2. The smallest absolute Gasteiger partial charge is 0.320 e. The van der Waals surface area contributed by atoms with Gasteiger partial charge >= 0.3 is 6.03 Å². The van der Waals surface area contributed by atoms with Crippen molar-refractivity contribution >= 4 is 11.9 Å². The molecule has 30 heavy (non-hydrogen) atoms. The number of hydrogen-bond acceptors (Lipinski definition) is 5. The molecule has 0 aliphatic carbocycles. The van der Waals surface area contributed by atoms with E-state index in [1.807, 2.05) is 40.1 Å². The molecule has 8 nitrogen and oxygen atoms in total. The predicted molar refractivity (Wildman–Crippen MR) is 108 cm³/mol. The van der Waals surface area contributed by atoms with Gasteiger partial charge in [-0.1, -0.05) is 36.4 Å². The Kier molecular flexibility index (Phi) is 6.15. The van der Waals surface area contributed by atoms with Crippen LogP contribution < -0.4 is 10.2 Å². The van der Waals surface area contributed by atoms with Crippen LogP contribution in [0.5, 0.6) is 5.75 Å². The molecular weight excluding hydrogens is 386 g/mol. The molecule has 0 radical (unpaired) electrons. The van der Waals surface area contributed by atoms with Gasteiger partial charge in [0.05, 0.1) is 25.8 Å². The summed E-state index contributed by atoms with van der Waals surface area (Å²) in [5.74, 6) is -0.0563. The van der Waals surface area contributed by atoms with E-state index >= 15 is 0 Å². The number of ether oxygens (including phenoxy) is 2. The molecule has 1 atom stereocenters. The zero-order valence-electron chi connectivity index (χ0n) is 16.6. The lowest BCUT2D eigenvalue weighted by Crippen LogP contribution is -2.52. The van der Waals surface area contributed by atoms with Crippen LogP contribution in [-0.2, 0) is 17.7 Å². The third-order valence-corrected chi connectivity index (χ3v) is 5.49. The highest BCUT2D eigenvalue weighted by atomic mass is 16.5. The van der Waals surface area contributed by atoms with Gasteiger partial charge in [-0.2, -0.15) is 0 Å². The first-order chi connectivity index (χ1) is 14.7. The Bertz CT molecular complexity index is 899. The van der Waals surface area contributed by atoms with Crippen LogP contribution in [-0.4, -0.2) is 65.9 Å². The largest absolute Gasteiger partial charge is 0.491 e. The highest BCUT2D eigenvalue weighted by Gasteiger charge is 2.32. The average Bonchev–Trinajstić information content (AvgIpc) is 2.98. The van der Waals surface area contributed by atoms with Gasteiger partial charge in [0.2, 0.25) is 0 Å². The number of hydroxylamine groups is 1. The Morgan fingerprint density at radius 2 is 1.87 bits per heavy atom. The van der Waals surface area contributed by atoms with Crippen LogP contribution in [0.15, 0.2) is 48.5 Å². The zero-order valence-corrected chi connectivity index (χ0v) is 16.6. The Labute approximate surface area is 174 Å². The first kappa shape index (κ1) is 20.2. The minimum atomic E-state index is -0.604. The van der Waals surface area contributed by atoms with Gasteiger partial charge < -0.3 is 19.3 Å². The summed E-state index contributed by atoms with van der Waals surface area (Å²) in [6.45, 7) is 2.89. The number of carbonyl (C=O) groups is 2. The van der Waals surface area contributed by atoms with E-state index in [0.717, 1.165) is 11.1 Å². The lowest BCUT2D eigenvalue weighted by atomic mass is 10.0. The molecule has 0 unspecified atom stereocenters. The summed E-state index contributed by atoms with van der Waals surface area (Å²) in [4.78, 5) is 28.8. The molecule has 0 spiro atoms. The minimum Gasteiger partial charge on any atom is -0.491 e.